The highest BCUT2D eigenvalue weighted by Crippen LogP contribution is 2.37. The molecule has 2 N–H and O–H groups in total. The van der Waals surface area contributed by atoms with E-state index in [-0.39, 0.29) is 11.8 Å². The van der Waals surface area contributed by atoms with Crippen LogP contribution in [-0.2, 0) is 0 Å². The summed E-state index contributed by atoms with van der Waals surface area (Å²) in [7, 11) is 0. The number of aromatic nitrogens is 2. The molecule has 2 aromatic rings. The lowest BCUT2D eigenvalue weighted by atomic mass is 9.90. The van der Waals surface area contributed by atoms with Gasteiger partial charge in [-0.1, -0.05) is 50.3 Å². The standard InChI is InChI=1S/C21H17N5.C2H6/c1-3-17(4-2-14(1)15-7-9-22-11-15)26-21-20-6-5-18(16-12-24-25-13-16)19(20)8-10-23-21;1-2/h1-13,15,19H,(H,23,26)(H,24,25);1-2H3. The first kappa shape index (κ1) is 17.9. The highest BCUT2D eigenvalue weighted by molar-refractivity contribution is 6.12. The molecule has 2 atom stereocenters. The molecule has 0 radical (unpaired) electrons. The van der Waals surface area contributed by atoms with Gasteiger partial charge in [-0.2, -0.15) is 5.10 Å². The van der Waals surface area contributed by atoms with E-state index in [1.54, 1.807) is 0 Å². The van der Waals surface area contributed by atoms with E-state index in [9.17, 15) is 0 Å². The number of fused-ring (bicyclic) bond motifs is 1. The molecule has 0 saturated heterocycles. The van der Waals surface area contributed by atoms with Crippen molar-refractivity contribution >= 4 is 23.3 Å². The molecule has 0 amide bonds. The molecule has 2 aliphatic heterocycles. The first-order chi connectivity index (χ1) is 13.9. The van der Waals surface area contributed by atoms with Gasteiger partial charge in [0.25, 0.3) is 0 Å². The number of nitrogens with one attached hydrogen (secondary N) is 2. The van der Waals surface area contributed by atoms with Crippen LogP contribution in [0.3, 0.4) is 0 Å². The molecule has 5 nitrogen and oxygen atoms in total. The Labute approximate surface area is 165 Å². The van der Waals surface area contributed by atoms with Crippen LogP contribution in [0.4, 0.5) is 5.69 Å². The van der Waals surface area contributed by atoms with Gasteiger partial charge < -0.3 is 5.32 Å². The summed E-state index contributed by atoms with van der Waals surface area (Å²) >= 11 is 0. The molecule has 1 aromatic carbocycles. The van der Waals surface area contributed by atoms with Crippen LogP contribution in [0.1, 0.15) is 30.9 Å². The van der Waals surface area contributed by atoms with Crippen LogP contribution in [-0.4, -0.2) is 22.2 Å². The summed E-state index contributed by atoms with van der Waals surface area (Å²) in [5.74, 6) is 1.39. The van der Waals surface area contributed by atoms with Gasteiger partial charge in [0.15, 0.2) is 0 Å². The normalized spacial score (nSPS) is 21.4. The summed E-state index contributed by atoms with van der Waals surface area (Å²) in [6, 6.07) is 8.43. The Hall–Kier alpha value is -3.47. The van der Waals surface area contributed by atoms with E-state index in [2.05, 4.69) is 74.1 Å². The predicted molar refractivity (Wildman–Crippen MR) is 116 cm³/mol. The molecule has 0 saturated carbocycles. The molecule has 1 aliphatic carbocycles. The number of aliphatic imine (C=N–C) groups is 2. The van der Waals surface area contributed by atoms with Gasteiger partial charge >= 0.3 is 0 Å². The number of aromatic amines is 1. The van der Waals surface area contributed by atoms with Crippen molar-refractivity contribution in [2.45, 2.75) is 19.8 Å². The van der Waals surface area contributed by atoms with Crippen LogP contribution >= 0.6 is 0 Å². The van der Waals surface area contributed by atoms with Crippen LogP contribution in [0.25, 0.3) is 5.57 Å². The molecule has 3 heterocycles. The Balaban J connectivity index is 0.000000932. The smallest absolute Gasteiger partial charge is 0.134 e. The number of H-pyrrole nitrogens is 1. The third-order valence-electron chi connectivity index (χ3n) is 4.88. The van der Waals surface area contributed by atoms with Gasteiger partial charge in [0.05, 0.1) is 6.20 Å². The van der Waals surface area contributed by atoms with Crippen LogP contribution in [0.5, 0.6) is 0 Å². The highest BCUT2D eigenvalue weighted by atomic mass is 15.1. The van der Waals surface area contributed by atoms with E-state index in [0.717, 1.165) is 17.1 Å². The van der Waals surface area contributed by atoms with Crippen molar-refractivity contribution in [2.75, 3.05) is 5.32 Å². The van der Waals surface area contributed by atoms with Crippen LogP contribution in [0.15, 0.2) is 88.9 Å². The van der Waals surface area contributed by atoms with Gasteiger partial charge in [0.1, 0.15) is 5.84 Å². The average Bonchev–Trinajstić information content (AvgIpc) is 3.51. The zero-order chi connectivity index (χ0) is 19.3. The minimum Gasteiger partial charge on any atom is -0.340 e. The molecular formula is C23H23N5. The van der Waals surface area contributed by atoms with Crippen molar-refractivity contribution in [1.82, 2.24) is 10.2 Å². The van der Waals surface area contributed by atoms with Crippen LogP contribution in [0.2, 0.25) is 0 Å². The maximum atomic E-state index is 4.55. The maximum absolute atomic E-state index is 4.55. The Morgan fingerprint density at radius 2 is 1.79 bits per heavy atom. The maximum Gasteiger partial charge on any atom is 0.134 e. The molecule has 5 heteroatoms. The molecule has 0 fully saturated rings. The van der Waals surface area contributed by atoms with E-state index in [4.69, 9.17) is 0 Å². The zero-order valence-corrected chi connectivity index (χ0v) is 16.0. The van der Waals surface area contributed by atoms with Gasteiger partial charge in [0, 0.05) is 53.5 Å². The fraction of sp³-hybridized carbons (Fsp3) is 0.174. The summed E-state index contributed by atoms with van der Waals surface area (Å²) in [5, 5.41) is 10.4. The van der Waals surface area contributed by atoms with E-state index in [0.29, 0.717) is 0 Å². The SMILES string of the molecule is C1=CC(c2ccc(NC3=NC=CC4C3=CC=C4c3cn[nH]c3)cc2)C=N1.CC. The van der Waals surface area contributed by atoms with Crippen LogP contribution < -0.4 is 5.32 Å². The summed E-state index contributed by atoms with van der Waals surface area (Å²) in [5.41, 5.74) is 5.79. The van der Waals surface area contributed by atoms with Crippen molar-refractivity contribution < 1.29 is 0 Å². The summed E-state index contributed by atoms with van der Waals surface area (Å²) < 4.78 is 0. The monoisotopic (exact) mass is 369 g/mol. The predicted octanol–water partition coefficient (Wildman–Crippen LogP) is 5.10. The minimum atomic E-state index is 0.215. The first-order valence-corrected chi connectivity index (χ1v) is 9.61. The van der Waals surface area contributed by atoms with Crippen molar-refractivity contribution in [1.29, 1.82) is 0 Å². The highest BCUT2D eigenvalue weighted by Gasteiger charge is 2.27. The zero-order valence-electron chi connectivity index (χ0n) is 16.0. The molecule has 0 bridgehead atoms. The van der Waals surface area contributed by atoms with E-state index < -0.39 is 0 Å². The molecule has 3 aliphatic rings. The van der Waals surface area contributed by atoms with Gasteiger partial charge in [-0.15, -0.1) is 0 Å². The second kappa shape index (κ2) is 8.05. The van der Waals surface area contributed by atoms with E-state index in [1.165, 1.54) is 16.7 Å². The topological polar surface area (TPSA) is 65.4 Å². The van der Waals surface area contributed by atoms with Gasteiger partial charge in [0.2, 0.25) is 0 Å². The number of benzene rings is 1. The number of nitrogens with zero attached hydrogens (tertiary/aromatic N) is 3. The third-order valence-corrected chi connectivity index (χ3v) is 4.88. The Kier molecular flexibility index (Phi) is 5.15. The first-order valence-electron chi connectivity index (χ1n) is 9.61. The van der Waals surface area contributed by atoms with E-state index >= 15 is 0 Å². The largest absolute Gasteiger partial charge is 0.340 e. The molecule has 5 rings (SSSR count). The Morgan fingerprint density at radius 1 is 0.964 bits per heavy atom. The Morgan fingerprint density at radius 3 is 2.50 bits per heavy atom. The fourth-order valence-corrected chi connectivity index (χ4v) is 3.51. The number of anilines is 1. The van der Waals surface area contributed by atoms with Crippen LogP contribution in [0, 0.1) is 5.92 Å². The summed E-state index contributed by atoms with van der Waals surface area (Å²) in [6.45, 7) is 4.00. The van der Waals surface area contributed by atoms with Crippen molar-refractivity contribution in [3.05, 3.63) is 90.1 Å². The number of hydrogen-bond donors (Lipinski definition) is 2. The average molecular weight is 369 g/mol. The fourth-order valence-electron chi connectivity index (χ4n) is 3.51. The van der Waals surface area contributed by atoms with Crippen molar-refractivity contribution in [2.24, 2.45) is 15.9 Å². The summed E-state index contributed by atoms with van der Waals surface area (Å²) in [6.07, 6.45) is 17.9. The van der Waals surface area contributed by atoms with E-state index in [1.807, 2.05) is 44.9 Å². The molecule has 2 unspecified atom stereocenters. The number of amidine groups is 1. The molecular weight excluding hydrogens is 346 g/mol. The minimum absolute atomic E-state index is 0.215. The van der Waals surface area contributed by atoms with Crippen molar-refractivity contribution in [3.63, 3.8) is 0 Å². The number of hydrogen-bond acceptors (Lipinski definition) is 4. The second-order valence-electron chi connectivity index (χ2n) is 6.44. The van der Waals surface area contributed by atoms with Gasteiger partial charge in [-0.25, -0.2) is 4.99 Å². The molecule has 1 aromatic heterocycles. The Bertz CT molecular complexity index is 990. The number of allylic oxidation sites excluding steroid dienone is 5. The lowest BCUT2D eigenvalue weighted by Gasteiger charge is -2.21. The molecule has 28 heavy (non-hydrogen) atoms. The molecule has 0 spiro atoms. The van der Waals surface area contributed by atoms with Gasteiger partial charge in [-0.05, 0) is 23.3 Å². The lowest BCUT2D eigenvalue weighted by Crippen LogP contribution is -2.21. The third kappa shape index (κ3) is 3.39. The second-order valence-corrected chi connectivity index (χ2v) is 6.44. The molecule has 140 valence electrons. The number of rotatable bonds is 3. The lowest BCUT2D eigenvalue weighted by molar-refractivity contribution is 1.04. The van der Waals surface area contributed by atoms with Crippen molar-refractivity contribution in [3.8, 4) is 0 Å². The van der Waals surface area contributed by atoms with Gasteiger partial charge in [-0.3, -0.25) is 10.1 Å². The quantitative estimate of drug-likeness (QED) is 0.791. The summed E-state index contributed by atoms with van der Waals surface area (Å²) in [4.78, 5) is 8.70.